The number of nitrogens with zero attached hydrogens (tertiary/aromatic N) is 3. The molecular formula is C16H23N3O2. The van der Waals surface area contributed by atoms with E-state index in [0.717, 1.165) is 62.5 Å². The molecule has 0 saturated heterocycles. The molecule has 3 heterocycles. The Kier molecular flexibility index (Phi) is 3.99. The lowest BCUT2D eigenvalue weighted by Crippen LogP contribution is -2.36. The molecule has 5 nitrogen and oxygen atoms in total. The average Bonchev–Trinajstić information content (AvgIpc) is 2.94. The van der Waals surface area contributed by atoms with E-state index in [-0.39, 0.29) is 5.91 Å². The molecule has 1 aromatic heterocycles. The molecule has 1 aromatic rings. The number of aryl methyl sites for hydroxylation is 1. The van der Waals surface area contributed by atoms with Crippen molar-refractivity contribution >= 4 is 5.91 Å². The van der Waals surface area contributed by atoms with E-state index in [1.165, 1.54) is 0 Å². The molecule has 0 aromatic carbocycles. The van der Waals surface area contributed by atoms with Gasteiger partial charge in [0.15, 0.2) is 0 Å². The van der Waals surface area contributed by atoms with E-state index in [9.17, 15) is 4.79 Å². The molecule has 0 fully saturated rings. The zero-order valence-electron chi connectivity index (χ0n) is 12.8. The standard InChI is InChI=1S/C16H23N3O2/c1-12-14(4-3-9-21-12)16(20)18(2)11-13-5-7-19-8-6-17-15(19)10-13/h6,8,13H,3-5,7,9-11H2,1-2H3/t13-/m0/s1. The Morgan fingerprint density at radius 3 is 3.24 bits per heavy atom. The van der Waals surface area contributed by atoms with E-state index in [0.29, 0.717) is 5.92 Å². The first-order chi connectivity index (χ1) is 10.1. The molecule has 0 N–H and O–H groups in total. The number of ether oxygens (including phenoxy) is 1. The summed E-state index contributed by atoms with van der Waals surface area (Å²) in [5.41, 5.74) is 0.848. The minimum absolute atomic E-state index is 0.126. The van der Waals surface area contributed by atoms with Crippen molar-refractivity contribution in [1.29, 1.82) is 0 Å². The maximum atomic E-state index is 12.5. The van der Waals surface area contributed by atoms with Gasteiger partial charge >= 0.3 is 0 Å². The summed E-state index contributed by atoms with van der Waals surface area (Å²) in [5.74, 6) is 2.57. The molecule has 1 amide bonds. The summed E-state index contributed by atoms with van der Waals surface area (Å²) in [4.78, 5) is 18.8. The lowest BCUT2D eigenvalue weighted by atomic mass is 9.96. The van der Waals surface area contributed by atoms with Gasteiger partial charge in [0.25, 0.3) is 5.91 Å². The van der Waals surface area contributed by atoms with E-state index in [1.807, 2.05) is 31.3 Å². The fourth-order valence-corrected chi connectivity index (χ4v) is 3.27. The number of fused-ring (bicyclic) bond motifs is 1. The zero-order chi connectivity index (χ0) is 14.8. The van der Waals surface area contributed by atoms with Gasteiger partial charge in [0.1, 0.15) is 11.6 Å². The van der Waals surface area contributed by atoms with E-state index >= 15 is 0 Å². The molecular weight excluding hydrogens is 266 g/mol. The Morgan fingerprint density at radius 1 is 1.57 bits per heavy atom. The second kappa shape index (κ2) is 5.92. The highest BCUT2D eigenvalue weighted by atomic mass is 16.5. The summed E-state index contributed by atoms with van der Waals surface area (Å²) in [6.07, 6.45) is 7.74. The minimum atomic E-state index is 0.126. The topological polar surface area (TPSA) is 47.4 Å². The Morgan fingerprint density at radius 2 is 2.43 bits per heavy atom. The average molecular weight is 289 g/mol. The van der Waals surface area contributed by atoms with E-state index in [1.54, 1.807) is 0 Å². The molecule has 2 aliphatic heterocycles. The number of aromatic nitrogens is 2. The van der Waals surface area contributed by atoms with Crippen LogP contribution in [0.15, 0.2) is 23.7 Å². The number of likely N-dealkylation sites (N-methyl/N-ethyl adjacent to an activating group) is 1. The highest BCUT2D eigenvalue weighted by Crippen LogP contribution is 2.23. The third-order valence-electron chi connectivity index (χ3n) is 4.50. The fourth-order valence-electron chi connectivity index (χ4n) is 3.27. The van der Waals surface area contributed by atoms with E-state index < -0.39 is 0 Å². The molecule has 114 valence electrons. The van der Waals surface area contributed by atoms with Crippen LogP contribution in [0.4, 0.5) is 0 Å². The van der Waals surface area contributed by atoms with Crippen LogP contribution in [0.3, 0.4) is 0 Å². The lowest BCUT2D eigenvalue weighted by molar-refractivity contribution is -0.127. The van der Waals surface area contributed by atoms with Crippen LogP contribution in [0, 0.1) is 5.92 Å². The van der Waals surface area contributed by atoms with Gasteiger partial charge in [0.05, 0.1) is 12.2 Å². The predicted octanol–water partition coefficient (Wildman–Crippen LogP) is 1.99. The van der Waals surface area contributed by atoms with Gasteiger partial charge in [-0.05, 0) is 32.1 Å². The molecule has 5 heteroatoms. The van der Waals surface area contributed by atoms with Gasteiger partial charge in [-0.15, -0.1) is 0 Å². The van der Waals surface area contributed by atoms with Gasteiger partial charge in [-0.2, -0.15) is 0 Å². The van der Waals surface area contributed by atoms with Crippen LogP contribution in [0.25, 0.3) is 0 Å². The molecule has 0 unspecified atom stereocenters. The van der Waals surface area contributed by atoms with Gasteiger partial charge in [-0.25, -0.2) is 4.98 Å². The van der Waals surface area contributed by atoms with Gasteiger partial charge in [0.2, 0.25) is 0 Å². The van der Waals surface area contributed by atoms with Crippen LogP contribution in [-0.4, -0.2) is 40.6 Å². The van der Waals surface area contributed by atoms with Gasteiger partial charge in [-0.1, -0.05) is 0 Å². The highest BCUT2D eigenvalue weighted by Gasteiger charge is 2.25. The number of imidazole rings is 1. The summed E-state index contributed by atoms with van der Waals surface area (Å²) in [6.45, 7) is 4.44. The molecule has 0 saturated carbocycles. The van der Waals surface area contributed by atoms with Crippen molar-refractivity contribution in [2.24, 2.45) is 5.92 Å². The van der Waals surface area contributed by atoms with Crippen molar-refractivity contribution in [3.05, 3.63) is 29.6 Å². The largest absolute Gasteiger partial charge is 0.498 e. The number of hydrogen-bond donors (Lipinski definition) is 0. The molecule has 2 aliphatic rings. The lowest BCUT2D eigenvalue weighted by Gasteiger charge is -2.29. The Hall–Kier alpha value is -1.78. The van der Waals surface area contributed by atoms with Crippen LogP contribution >= 0.6 is 0 Å². The molecule has 0 bridgehead atoms. The Labute approximate surface area is 125 Å². The minimum Gasteiger partial charge on any atom is -0.498 e. The van der Waals surface area contributed by atoms with E-state index in [4.69, 9.17) is 4.74 Å². The van der Waals surface area contributed by atoms with Crippen molar-refractivity contribution in [3.8, 4) is 0 Å². The molecule has 3 rings (SSSR count). The first-order valence-electron chi connectivity index (χ1n) is 7.73. The van der Waals surface area contributed by atoms with Crippen LogP contribution in [-0.2, 0) is 22.5 Å². The Bertz CT molecular complexity index is 562. The normalized spacial score (nSPS) is 21.7. The SMILES string of the molecule is CC1=C(C(=O)N(C)C[C@H]2CCn3ccnc3C2)CCCO1. The first-order valence-corrected chi connectivity index (χ1v) is 7.73. The summed E-state index contributed by atoms with van der Waals surface area (Å²) >= 11 is 0. The van der Waals surface area contributed by atoms with Crippen molar-refractivity contribution in [2.45, 2.75) is 39.2 Å². The maximum absolute atomic E-state index is 12.5. The second-order valence-electron chi connectivity index (χ2n) is 6.07. The number of hydrogen-bond acceptors (Lipinski definition) is 3. The van der Waals surface area contributed by atoms with Crippen LogP contribution in [0.2, 0.25) is 0 Å². The summed E-state index contributed by atoms with van der Waals surface area (Å²) in [5, 5.41) is 0. The second-order valence-corrected chi connectivity index (χ2v) is 6.07. The summed E-state index contributed by atoms with van der Waals surface area (Å²) in [6, 6.07) is 0. The highest BCUT2D eigenvalue weighted by molar-refractivity contribution is 5.93. The number of allylic oxidation sites excluding steroid dienone is 1. The van der Waals surface area contributed by atoms with Gasteiger partial charge in [0, 0.05) is 39.0 Å². The summed E-state index contributed by atoms with van der Waals surface area (Å²) < 4.78 is 7.71. The molecule has 21 heavy (non-hydrogen) atoms. The number of carbonyl (C=O) groups excluding carboxylic acids is 1. The third-order valence-corrected chi connectivity index (χ3v) is 4.50. The molecule has 0 aliphatic carbocycles. The number of amides is 1. The monoisotopic (exact) mass is 289 g/mol. The van der Waals surface area contributed by atoms with Gasteiger partial charge < -0.3 is 14.2 Å². The van der Waals surface area contributed by atoms with Crippen molar-refractivity contribution in [3.63, 3.8) is 0 Å². The van der Waals surface area contributed by atoms with Crippen LogP contribution in [0.5, 0.6) is 0 Å². The smallest absolute Gasteiger partial charge is 0.252 e. The quantitative estimate of drug-likeness (QED) is 0.855. The Balaban J connectivity index is 1.62. The van der Waals surface area contributed by atoms with Crippen LogP contribution in [0.1, 0.15) is 32.0 Å². The number of carbonyl (C=O) groups is 1. The van der Waals surface area contributed by atoms with Crippen molar-refractivity contribution in [1.82, 2.24) is 14.5 Å². The molecule has 0 spiro atoms. The zero-order valence-corrected chi connectivity index (χ0v) is 12.8. The number of rotatable bonds is 3. The molecule has 1 atom stereocenters. The predicted molar refractivity (Wildman–Crippen MR) is 79.6 cm³/mol. The van der Waals surface area contributed by atoms with Crippen molar-refractivity contribution in [2.75, 3.05) is 20.2 Å². The van der Waals surface area contributed by atoms with Crippen LogP contribution < -0.4 is 0 Å². The van der Waals surface area contributed by atoms with Gasteiger partial charge in [-0.3, -0.25) is 4.79 Å². The maximum Gasteiger partial charge on any atom is 0.252 e. The first kappa shape index (κ1) is 14.2. The fraction of sp³-hybridized carbons (Fsp3) is 0.625. The molecule has 0 radical (unpaired) electrons. The summed E-state index contributed by atoms with van der Waals surface area (Å²) in [7, 11) is 1.90. The third kappa shape index (κ3) is 2.96. The van der Waals surface area contributed by atoms with E-state index in [2.05, 4.69) is 9.55 Å². The van der Waals surface area contributed by atoms with Crippen molar-refractivity contribution < 1.29 is 9.53 Å².